The molecule has 0 aliphatic carbocycles. The average molecular weight is 440 g/mol. The van der Waals surface area contributed by atoms with Crippen LogP contribution in [0.15, 0.2) is 47.1 Å². The summed E-state index contributed by atoms with van der Waals surface area (Å²) in [6.07, 6.45) is 2.55. The summed E-state index contributed by atoms with van der Waals surface area (Å²) in [7, 11) is 0. The highest BCUT2D eigenvalue weighted by Gasteiger charge is 2.28. The normalized spacial score (nSPS) is 13.9. The summed E-state index contributed by atoms with van der Waals surface area (Å²) in [6.45, 7) is 5.59. The topological polar surface area (TPSA) is 65.2 Å². The predicted molar refractivity (Wildman–Crippen MR) is 108 cm³/mol. The highest BCUT2D eigenvalue weighted by Crippen LogP contribution is 2.25. The van der Waals surface area contributed by atoms with E-state index < -0.39 is 5.60 Å². The Morgan fingerprint density at radius 2 is 2.04 bits per heavy atom. The molecule has 0 bridgehead atoms. The number of esters is 1. The van der Waals surface area contributed by atoms with Crippen LogP contribution < -0.4 is 5.73 Å². The molecule has 0 spiro atoms. The fourth-order valence-electron chi connectivity index (χ4n) is 2.63. The fourth-order valence-corrected chi connectivity index (χ4v) is 3.19. The monoisotopic (exact) mass is 438 g/mol. The van der Waals surface area contributed by atoms with E-state index in [0.29, 0.717) is 23.6 Å². The standard InChI is InChI=1S/C20H24BrClN2O2/c1-20(2,3)26-19(25)14(9-13-5-4-6-15(21)10-13)11-17(23)18-8-7-16(22)12-24-18/h4-8,10,12,14,17H,9,11,23H2,1-3H3. The Balaban J connectivity index is 2.18. The molecule has 2 atom stereocenters. The van der Waals surface area contributed by atoms with E-state index in [2.05, 4.69) is 20.9 Å². The fraction of sp³-hybridized carbons (Fsp3) is 0.400. The van der Waals surface area contributed by atoms with Crippen molar-refractivity contribution in [3.8, 4) is 0 Å². The van der Waals surface area contributed by atoms with Crippen molar-refractivity contribution in [2.45, 2.75) is 45.3 Å². The highest BCUT2D eigenvalue weighted by atomic mass is 79.9. The van der Waals surface area contributed by atoms with Gasteiger partial charge in [0.2, 0.25) is 0 Å². The molecular weight excluding hydrogens is 416 g/mol. The lowest BCUT2D eigenvalue weighted by atomic mass is 9.91. The summed E-state index contributed by atoms with van der Waals surface area (Å²) < 4.78 is 6.58. The van der Waals surface area contributed by atoms with Crippen LogP contribution >= 0.6 is 27.5 Å². The summed E-state index contributed by atoms with van der Waals surface area (Å²) in [5, 5.41) is 0.554. The first-order chi connectivity index (χ1) is 12.1. The first-order valence-electron chi connectivity index (χ1n) is 8.48. The average Bonchev–Trinajstić information content (AvgIpc) is 2.53. The SMILES string of the molecule is CC(C)(C)OC(=O)C(Cc1cccc(Br)c1)CC(N)c1ccc(Cl)cn1. The van der Waals surface area contributed by atoms with E-state index in [1.165, 1.54) is 0 Å². The molecule has 0 aliphatic rings. The third-order valence-corrected chi connectivity index (χ3v) is 4.50. The molecule has 2 rings (SSSR count). The van der Waals surface area contributed by atoms with Crippen molar-refractivity contribution >= 4 is 33.5 Å². The second-order valence-electron chi connectivity index (χ2n) is 7.31. The molecule has 0 radical (unpaired) electrons. The van der Waals surface area contributed by atoms with Gasteiger partial charge in [0.1, 0.15) is 5.60 Å². The molecule has 0 amide bonds. The van der Waals surface area contributed by atoms with Crippen LogP contribution in [-0.2, 0) is 16.0 Å². The third-order valence-electron chi connectivity index (χ3n) is 3.78. The number of nitrogens with two attached hydrogens (primary N) is 1. The van der Waals surface area contributed by atoms with Gasteiger partial charge in [-0.25, -0.2) is 0 Å². The maximum atomic E-state index is 12.7. The number of nitrogens with zero attached hydrogens (tertiary/aromatic N) is 1. The quantitative estimate of drug-likeness (QED) is 0.637. The van der Waals surface area contributed by atoms with Crippen LogP contribution in [0.4, 0.5) is 0 Å². The minimum Gasteiger partial charge on any atom is -0.460 e. The highest BCUT2D eigenvalue weighted by molar-refractivity contribution is 9.10. The van der Waals surface area contributed by atoms with Gasteiger partial charge in [0, 0.05) is 16.7 Å². The number of pyridine rings is 1. The van der Waals surface area contributed by atoms with E-state index in [0.717, 1.165) is 10.0 Å². The number of halogens is 2. The van der Waals surface area contributed by atoms with Crippen LogP contribution in [-0.4, -0.2) is 16.6 Å². The lowest BCUT2D eigenvalue weighted by Gasteiger charge is -2.25. The molecular formula is C20H24BrClN2O2. The number of benzene rings is 1. The predicted octanol–water partition coefficient (Wildman–Crippen LogP) is 5.09. The minimum absolute atomic E-state index is 0.248. The van der Waals surface area contributed by atoms with Gasteiger partial charge in [0.25, 0.3) is 0 Å². The second kappa shape index (κ2) is 8.98. The summed E-state index contributed by atoms with van der Waals surface area (Å²) in [5.41, 5.74) is 7.52. The molecule has 1 heterocycles. The Morgan fingerprint density at radius 3 is 2.62 bits per heavy atom. The zero-order valence-electron chi connectivity index (χ0n) is 15.2. The lowest BCUT2D eigenvalue weighted by molar-refractivity contribution is -0.160. The molecule has 2 N–H and O–H groups in total. The molecule has 0 saturated heterocycles. The summed E-state index contributed by atoms with van der Waals surface area (Å²) in [5.74, 6) is -0.613. The van der Waals surface area contributed by atoms with Crippen LogP contribution in [0.2, 0.25) is 5.02 Å². The van der Waals surface area contributed by atoms with E-state index in [1.54, 1.807) is 18.3 Å². The lowest BCUT2D eigenvalue weighted by Crippen LogP contribution is -2.32. The Bertz CT molecular complexity index is 744. The molecule has 0 aliphatic heterocycles. The van der Waals surface area contributed by atoms with Gasteiger partial charge in [-0.2, -0.15) is 0 Å². The molecule has 140 valence electrons. The molecule has 0 saturated carbocycles. The largest absolute Gasteiger partial charge is 0.460 e. The van der Waals surface area contributed by atoms with E-state index >= 15 is 0 Å². The van der Waals surface area contributed by atoms with Crippen LogP contribution in [0.25, 0.3) is 0 Å². The van der Waals surface area contributed by atoms with E-state index in [9.17, 15) is 4.79 Å². The van der Waals surface area contributed by atoms with Gasteiger partial charge < -0.3 is 10.5 Å². The van der Waals surface area contributed by atoms with Crippen molar-refractivity contribution in [3.63, 3.8) is 0 Å². The first kappa shape index (κ1) is 20.9. The third kappa shape index (κ3) is 6.71. The molecule has 4 nitrogen and oxygen atoms in total. The zero-order chi connectivity index (χ0) is 19.3. The molecule has 2 unspecified atom stereocenters. The van der Waals surface area contributed by atoms with Crippen molar-refractivity contribution < 1.29 is 9.53 Å². The maximum absolute atomic E-state index is 12.7. The Hall–Kier alpha value is -1.43. The zero-order valence-corrected chi connectivity index (χ0v) is 17.5. The van der Waals surface area contributed by atoms with E-state index in [4.69, 9.17) is 22.1 Å². The number of carbonyl (C=O) groups is 1. The van der Waals surface area contributed by atoms with Gasteiger partial charge in [0.15, 0.2) is 0 Å². The molecule has 2 aromatic rings. The Kier molecular flexibility index (Phi) is 7.21. The van der Waals surface area contributed by atoms with Gasteiger partial charge >= 0.3 is 5.97 Å². The second-order valence-corrected chi connectivity index (χ2v) is 8.66. The number of carbonyl (C=O) groups excluding carboxylic acids is 1. The Morgan fingerprint density at radius 1 is 1.31 bits per heavy atom. The van der Waals surface area contributed by atoms with E-state index in [1.807, 2.05) is 45.0 Å². The van der Waals surface area contributed by atoms with Crippen molar-refractivity contribution in [3.05, 3.63) is 63.3 Å². The first-order valence-corrected chi connectivity index (χ1v) is 9.65. The van der Waals surface area contributed by atoms with Crippen LogP contribution in [0.5, 0.6) is 0 Å². The van der Waals surface area contributed by atoms with Gasteiger partial charge in [-0.1, -0.05) is 39.7 Å². The number of ether oxygens (including phenoxy) is 1. The summed E-state index contributed by atoms with van der Waals surface area (Å²) >= 11 is 9.35. The molecule has 6 heteroatoms. The van der Waals surface area contributed by atoms with Gasteiger partial charge in [-0.3, -0.25) is 9.78 Å². The van der Waals surface area contributed by atoms with Crippen molar-refractivity contribution in [1.29, 1.82) is 0 Å². The minimum atomic E-state index is -0.546. The number of hydrogen-bond donors (Lipinski definition) is 1. The van der Waals surface area contributed by atoms with Gasteiger partial charge in [-0.15, -0.1) is 0 Å². The van der Waals surface area contributed by atoms with Crippen molar-refractivity contribution in [2.24, 2.45) is 11.7 Å². The van der Waals surface area contributed by atoms with Crippen molar-refractivity contribution in [2.75, 3.05) is 0 Å². The maximum Gasteiger partial charge on any atom is 0.309 e. The smallest absolute Gasteiger partial charge is 0.309 e. The van der Waals surface area contributed by atoms with E-state index in [-0.39, 0.29) is 17.9 Å². The van der Waals surface area contributed by atoms with Crippen molar-refractivity contribution in [1.82, 2.24) is 4.98 Å². The van der Waals surface area contributed by atoms with Gasteiger partial charge in [-0.05, 0) is 63.4 Å². The molecule has 1 aromatic heterocycles. The molecule has 26 heavy (non-hydrogen) atoms. The van der Waals surface area contributed by atoms with Gasteiger partial charge in [0.05, 0.1) is 16.6 Å². The molecule has 0 fully saturated rings. The van der Waals surface area contributed by atoms with Crippen LogP contribution in [0.1, 0.15) is 44.5 Å². The van der Waals surface area contributed by atoms with Crippen LogP contribution in [0.3, 0.4) is 0 Å². The number of rotatable bonds is 6. The Labute approximate surface area is 168 Å². The number of hydrogen-bond acceptors (Lipinski definition) is 4. The van der Waals surface area contributed by atoms with Crippen LogP contribution in [0, 0.1) is 5.92 Å². The summed E-state index contributed by atoms with van der Waals surface area (Å²) in [4.78, 5) is 17.0. The number of aromatic nitrogens is 1. The molecule has 1 aromatic carbocycles. The summed E-state index contributed by atoms with van der Waals surface area (Å²) in [6, 6.07) is 11.1.